The fourth-order valence-electron chi connectivity index (χ4n) is 2.68. The van der Waals surface area contributed by atoms with E-state index in [0.717, 1.165) is 11.8 Å². The molecule has 158 valence electrons. The number of thioether (sulfide) groups is 1. The van der Waals surface area contributed by atoms with Gasteiger partial charge < -0.3 is 14.9 Å². The standard InChI is InChI=1S/C22H18N2O6S/c1-2-11-24-20(27)18(12-15-5-3-4-6-17(15)30-13-19(25)26)31-22(24)23-16-9-7-14(8-10-16)21(28)29/h2-10,12H,1,11,13H2,(H,25,26)(H,28,29)/b18-12-,23-22?. The van der Waals surface area contributed by atoms with Crippen molar-refractivity contribution in [2.75, 3.05) is 13.2 Å². The normalized spacial score (nSPS) is 16.0. The van der Waals surface area contributed by atoms with Gasteiger partial charge in [-0.25, -0.2) is 14.6 Å². The monoisotopic (exact) mass is 438 g/mol. The number of nitrogens with zero attached hydrogens (tertiary/aromatic N) is 2. The Labute approximate surface area is 182 Å². The molecule has 0 aromatic heterocycles. The average molecular weight is 438 g/mol. The summed E-state index contributed by atoms with van der Waals surface area (Å²) in [5.74, 6) is -2.07. The van der Waals surface area contributed by atoms with Gasteiger partial charge in [0.25, 0.3) is 5.91 Å². The van der Waals surface area contributed by atoms with Crippen LogP contribution in [0.2, 0.25) is 0 Å². The second kappa shape index (κ2) is 9.77. The van der Waals surface area contributed by atoms with E-state index in [2.05, 4.69) is 11.6 Å². The smallest absolute Gasteiger partial charge is 0.341 e. The largest absolute Gasteiger partial charge is 0.481 e. The van der Waals surface area contributed by atoms with Crippen LogP contribution >= 0.6 is 11.8 Å². The molecule has 0 radical (unpaired) electrons. The molecule has 0 aliphatic carbocycles. The number of carbonyl (C=O) groups excluding carboxylic acids is 1. The van der Waals surface area contributed by atoms with E-state index in [4.69, 9.17) is 14.9 Å². The second-order valence-electron chi connectivity index (χ2n) is 6.28. The number of ether oxygens (including phenoxy) is 1. The van der Waals surface area contributed by atoms with Crippen LogP contribution in [0.25, 0.3) is 6.08 Å². The summed E-state index contributed by atoms with van der Waals surface area (Å²) in [6, 6.07) is 12.8. The van der Waals surface area contributed by atoms with Gasteiger partial charge in [0.2, 0.25) is 0 Å². The Morgan fingerprint density at radius 1 is 1.13 bits per heavy atom. The molecule has 0 spiro atoms. The SMILES string of the molecule is C=CCN1C(=O)/C(=C/c2ccccc2OCC(=O)O)SC1=Nc1ccc(C(=O)O)cc1. The zero-order valence-corrected chi connectivity index (χ0v) is 17.0. The molecule has 2 aromatic rings. The Kier molecular flexibility index (Phi) is 6.88. The zero-order valence-electron chi connectivity index (χ0n) is 16.2. The Morgan fingerprint density at radius 2 is 1.84 bits per heavy atom. The van der Waals surface area contributed by atoms with Crippen LogP contribution in [-0.4, -0.2) is 51.3 Å². The van der Waals surface area contributed by atoms with Crippen molar-refractivity contribution >= 4 is 46.5 Å². The van der Waals surface area contributed by atoms with Gasteiger partial charge in [0, 0.05) is 12.1 Å². The number of para-hydroxylation sites is 1. The molecule has 2 N–H and O–H groups in total. The first-order valence-corrected chi connectivity index (χ1v) is 9.88. The summed E-state index contributed by atoms with van der Waals surface area (Å²) in [6.07, 6.45) is 3.20. The van der Waals surface area contributed by atoms with Crippen molar-refractivity contribution in [1.82, 2.24) is 4.90 Å². The molecule has 1 heterocycles. The first-order valence-electron chi connectivity index (χ1n) is 9.07. The number of rotatable bonds is 8. The molecule has 9 heteroatoms. The Hall–Kier alpha value is -3.85. The van der Waals surface area contributed by atoms with Gasteiger partial charge in [0.15, 0.2) is 11.8 Å². The number of amides is 1. The van der Waals surface area contributed by atoms with Gasteiger partial charge >= 0.3 is 11.9 Å². The summed E-state index contributed by atoms with van der Waals surface area (Å²) in [4.78, 5) is 41.0. The third-order valence-corrected chi connectivity index (χ3v) is 5.10. The van der Waals surface area contributed by atoms with E-state index < -0.39 is 18.5 Å². The van der Waals surface area contributed by atoms with Gasteiger partial charge in [-0.3, -0.25) is 9.69 Å². The molecule has 8 nitrogen and oxygen atoms in total. The minimum Gasteiger partial charge on any atom is -0.481 e. The number of carbonyl (C=O) groups is 3. The highest BCUT2D eigenvalue weighted by atomic mass is 32.2. The van der Waals surface area contributed by atoms with Gasteiger partial charge in [-0.1, -0.05) is 24.3 Å². The third-order valence-electron chi connectivity index (χ3n) is 4.10. The summed E-state index contributed by atoms with van der Waals surface area (Å²) in [7, 11) is 0. The van der Waals surface area contributed by atoms with Crippen LogP contribution in [-0.2, 0) is 9.59 Å². The van der Waals surface area contributed by atoms with E-state index in [9.17, 15) is 14.4 Å². The van der Waals surface area contributed by atoms with Crippen LogP contribution in [0.1, 0.15) is 15.9 Å². The molecule has 0 unspecified atom stereocenters. The molecule has 1 amide bonds. The topological polar surface area (TPSA) is 117 Å². The summed E-state index contributed by atoms with van der Waals surface area (Å²) >= 11 is 1.15. The van der Waals surface area contributed by atoms with Crippen LogP contribution in [0.15, 0.2) is 71.1 Å². The Bertz CT molecular complexity index is 1090. The van der Waals surface area contributed by atoms with Crippen LogP contribution in [0.5, 0.6) is 5.75 Å². The van der Waals surface area contributed by atoms with E-state index >= 15 is 0 Å². The third kappa shape index (κ3) is 5.40. The molecule has 0 bridgehead atoms. The number of aliphatic imine (C=N–C) groups is 1. The Morgan fingerprint density at radius 3 is 2.48 bits per heavy atom. The van der Waals surface area contributed by atoms with Crippen molar-refractivity contribution in [2.24, 2.45) is 4.99 Å². The molecule has 1 aliphatic rings. The first kappa shape index (κ1) is 21.8. The van der Waals surface area contributed by atoms with Crippen molar-refractivity contribution in [2.45, 2.75) is 0 Å². The van der Waals surface area contributed by atoms with Crippen LogP contribution < -0.4 is 4.74 Å². The van der Waals surface area contributed by atoms with E-state index in [1.807, 2.05) is 0 Å². The predicted octanol–water partition coefficient (Wildman–Crippen LogP) is 3.64. The van der Waals surface area contributed by atoms with E-state index in [-0.39, 0.29) is 18.0 Å². The summed E-state index contributed by atoms with van der Waals surface area (Å²) in [5.41, 5.74) is 1.20. The fourth-order valence-corrected chi connectivity index (χ4v) is 3.68. The van der Waals surface area contributed by atoms with Gasteiger partial charge in [0.1, 0.15) is 5.75 Å². The molecule has 1 aliphatic heterocycles. The molecule has 31 heavy (non-hydrogen) atoms. The second-order valence-corrected chi connectivity index (χ2v) is 7.29. The zero-order chi connectivity index (χ0) is 22.4. The van der Waals surface area contributed by atoms with Crippen LogP contribution in [0.4, 0.5) is 5.69 Å². The molecular formula is C22H18N2O6S. The van der Waals surface area contributed by atoms with Crippen LogP contribution in [0, 0.1) is 0 Å². The lowest BCUT2D eigenvalue weighted by atomic mass is 10.2. The van der Waals surface area contributed by atoms with Crippen molar-refractivity contribution in [3.8, 4) is 5.75 Å². The lowest BCUT2D eigenvalue weighted by Gasteiger charge is -2.12. The van der Waals surface area contributed by atoms with E-state index in [1.165, 1.54) is 17.0 Å². The quantitative estimate of drug-likeness (QED) is 0.477. The van der Waals surface area contributed by atoms with E-state index in [1.54, 1.807) is 48.6 Å². The number of aromatic carboxylic acids is 1. The maximum absolute atomic E-state index is 12.9. The summed E-state index contributed by atoms with van der Waals surface area (Å²) < 4.78 is 5.30. The number of amidine groups is 1. The summed E-state index contributed by atoms with van der Waals surface area (Å²) in [6.45, 7) is 3.42. The van der Waals surface area contributed by atoms with Gasteiger partial charge in [-0.2, -0.15) is 0 Å². The predicted molar refractivity (Wildman–Crippen MR) is 118 cm³/mol. The molecule has 3 rings (SSSR count). The average Bonchev–Trinajstić information content (AvgIpc) is 3.02. The van der Waals surface area contributed by atoms with Gasteiger partial charge in [-0.05, 0) is 48.2 Å². The Balaban J connectivity index is 1.92. The van der Waals surface area contributed by atoms with Crippen molar-refractivity contribution in [1.29, 1.82) is 0 Å². The number of carboxylic acid groups (broad SMARTS) is 2. The highest BCUT2D eigenvalue weighted by molar-refractivity contribution is 8.18. The number of aliphatic carboxylic acids is 1. The minimum atomic E-state index is -1.10. The molecular weight excluding hydrogens is 420 g/mol. The number of carboxylic acids is 2. The van der Waals surface area contributed by atoms with Crippen molar-refractivity contribution in [3.63, 3.8) is 0 Å². The first-order chi connectivity index (χ1) is 14.9. The highest BCUT2D eigenvalue weighted by Gasteiger charge is 2.32. The lowest BCUT2D eigenvalue weighted by Crippen LogP contribution is -2.29. The maximum Gasteiger partial charge on any atom is 0.341 e. The molecule has 0 atom stereocenters. The van der Waals surface area contributed by atoms with Crippen molar-refractivity contribution in [3.05, 3.63) is 77.2 Å². The maximum atomic E-state index is 12.9. The molecule has 1 saturated heterocycles. The summed E-state index contributed by atoms with van der Waals surface area (Å²) in [5, 5.41) is 18.3. The van der Waals surface area contributed by atoms with Crippen molar-refractivity contribution < 1.29 is 29.3 Å². The fraction of sp³-hybridized carbons (Fsp3) is 0.0909. The number of benzene rings is 2. The van der Waals surface area contributed by atoms with Gasteiger partial charge in [-0.15, -0.1) is 6.58 Å². The van der Waals surface area contributed by atoms with Crippen LogP contribution in [0.3, 0.4) is 0 Å². The number of hydrogen-bond donors (Lipinski definition) is 2. The molecule has 2 aromatic carbocycles. The highest BCUT2D eigenvalue weighted by Crippen LogP contribution is 2.35. The number of hydrogen-bond acceptors (Lipinski definition) is 6. The van der Waals surface area contributed by atoms with E-state index in [0.29, 0.717) is 27.1 Å². The van der Waals surface area contributed by atoms with Gasteiger partial charge in [0.05, 0.1) is 16.2 Å². The molecule has 0 saturated carbocycles. The lowest BCUT2D eigenvalue weighted by molar-refractivity contribution is -0.139. The minimum absolute atomic E-state index is 0.139. The molecule has 1 fully saturated rings.